The molecule has 1 saturated heterocycles. The number of aromatic nitrogens is 4. The number of likely N-dealkylation sites (N-methyl/N-ethyl adjacent to an activating group) is 2. The molecule has 4 aromatic rings. The molecule has 1 fully saturated rings. The summed E-state index contributed by atoms with van der Waals surface area (Å²) in [4.78, 5) is 65.6. The Labute approximate surface area is 284 Å². The molecule has 3 amide bonds. The van der Waals surface area contributed by atoms with E-state index >= 15 is 0 Å². The molecule has 2 aliphatic heterocycles. The molecule has 1 aromatic carbocycles. The summed E-state index contributed by atoms with van der Waals surface area (Å²) >= 11 is 0. The fraction of sp³-hybridized carbons (Fsp3) is 0.400. The summed E-state index contributed by atoms with van der Waals surface area (Å²) in [5, 5.41) is 14.0. The van der Waals surface area contributed by atoms with Gasteiger partial charge in [-0.05, 0) is 69.1 Å². The third kappa shape index (κ3) is 6.95. The van der Waals surface area contributed by atoms with Crippen LogP contribution < -0.4 is 25.8 Å². The quantitative estimate of drug-likeness (QED) is 0.0918. The number of nitrogens with zero attached hydrogens (tertiary/aromatic N) is 7. The van der Waals surface area contributed by atoms with Crippen molar-refractivity contribution in [2.75, 3.05) is 68.5 Å². The number of nitrogens with one attached hydrogen (secondary N) is 3. The predicted octanol–water partition coefficient (Wildman–Crippen LogP) is 2.61. The lowest BCUT2D eigenvalue weighted by Gasteiger charge is -2.25. The Morgan fingerprint density at radius 2 is 1.82 bits per heavy atom. The van der Waals surface area contributed by atoms with Gasteiger partial charge in [0.15, 0.2) is 5.65 Å². The van der Waals surface area contributed by atoms with Crippen LogP contribution in [0.15, 0.2) is 54.7 Å². The van der Waals surface area contributed by atoms with Crippen LogP contribution in [-0.2, 0) is 9.59 Å². The number of amides is 3. The first-order valence-electron chi connectivity index (χ1n) is 16.8. The number of carbonyl (C=O) groups is 4. The van der Waals surface area contributed by atoms with Crippen LogP contribution in [0, 0.1) is 0 Å². The monoisotopic (exact) mass is 666 g/mol. The third-order valence-corrected chi connectivity index (χ3v) is 9.02. The van der Waals surface area contributed by atoms with Crippen molar-refractivity contribution in [2.24, 2.45) is 0 Å². The average molecular weight is 667 g/mol. The normalized spacial score (nSPS) is 14.7. The third-order valence-electron chi connectivity index (χ3n) is 9.02. The maximum absolute atomic E-state index is 13.6. The molecule has 2 aliphatic rings. The summed E-state index contributed by atoms with van der Waals surface area (Å²) in [5.74, 6) is 0.186. The first kappa shape index (κ1) is 33.5. The van der Waals surface area contributed by atoms with E-state index in [4.69, 9.17) is 10.1 Å². The predicted molar refractivity (Wildman–Crippen MR) is 187 cm³/mol. The minimum absolute atomic E-state index is 0.0496. The number of pyridine rings is 1. The molecule has 0 radical (unpaired) electrons. The Balaban J connectivity index is 1.15. The maximum Gasteiger partial charge on any atom is 0.264 e. The maximum atomic E-state index is 13.6. The summed E-state index contributed by atoms with van der Waals surface area (Å²) in [6.45, 7) is 4.69. The smallest absolute Gasteiger partial charge is 0.264 e. The van der Waals surface area contributed by atoms with Gasteiger partial charge in [0.05, 0.1) is 23.0 Å². The van der Waals surface area contributed by atoms with E-state index < -0.39 is 23.8 Å². The van der Waals surface area contributed by atoms with Crippen LogP contribution in [0.3, 0.4) is 0 Å². The first-order valence-corrected chi connectivity index (χ1v) is 16.8. The van der Waals surface area contributed by atoms with Gasteiger partial charge in [-0.25, -0.2) is 14.5 Å². The molecule has 14 nitrogen and oxygen atoms in total. The molecule has 49 heavy (non-hydrogen) atoms. The molecule has 5 heterocycles. The highest BCUT2D eigenvalue weighted by Crippen LogP contribution is 2.32. The number of fused-ring (bicyclic) bond motifs is 2. The number of hydrogen-bond acceptors (Lipinski definition) is 11. The zero-order valence-corrected chi connectivity index (χ0v) is 27.9. The van der Waals surface area contributed by atoms with Crippen molar-refractivity contribution in [3.63, 3.8) is 0 Å². The summed E-state index contributed by atoms with van der Waals surface area (Å²) < 4.78 is 1.87. The van der Waals surface area contributed by atoms with Crippen LogP contribution in [-0.4, -0.2) is 108 Å². The number of imidazole rings is 1. The van der Waals surface area contributed by atoms with Gasteiger partial charge in [0.2, 0.25) is 5.91 Å². The molecule has 0 spiro atoms. The van der Waals surface area contributed by atoms with Gasteiger partial charge in [0.25, 0.3) is 11.8 Å². The second-order valence-electron chi connectivity index (χ2n) is 12.1. The fourth-order valence-corrected chi connectivity index (χ4v) is 6.48. The number of carbonyl (C=O) groups excluding carboxylic acids is 4. The summed E-state index contributed by atoms with van der Waals surface area (Å²) in [5.41, 5.74) is 3.37. The van der Waals surface area contributed by atoms with Gasteiger partial charge < -0.3 is 30.5 Å². The van der Waals surface area contributed by atoms with Crippen molar-refractivity contribution in [1.82, 2.24) is 35.1 Å². The molecule has 256 valence electrons. The van der Waals surface area contributed by atoms with Gasteiger partial charge in [0.1, 0.15) is 29.7 Å². The highest BCUT2D eigenvalue weighted by atomic mass is 16.2. The standard InChI is InChI=1S/C35H42N10O4/c1-36-17-21-43(30-13-6-10-25(40-30)28-23-39-29-14-15-31(41-45(28)29)42-18-3-4-19-42)20-8-16-38-26-11-5-9-24-32(26)35(49)44(34(24)48)27(12-7-22-46)33(47)37-2/h5-6,9-11,13-15,22-23,27,36,38H,3-4,7-8,12,16-21H2,1-2H3,(H,37,47). The SMILES string of the molecule is CNCCN(CCCNc1cccc2c1C(=O)N(C(CCC=O)C(=O)NC)C2=O)c1cccc(-c2cnc3ccc(N4CCCC4)nn23)n1. The zero-order valence-electron chi connectivity index (χ0n) is 27.9. The first-order chi connectivity index (χ1) is 23.9. The van der Waals surface area contributed by atoms with E-state index in [1.807, 2.05) is 48.1 Å². The topological polar surface area (TPSA) is 157 Å². The van der Waals surface area contributed by atoms with Crippen LogP contribution in [0.2, 0.25) is 0 Å². The van der Waals surface area contributed by atoms with Gasteiger partial charge in [-0.15, -0.1) is 5.10 Å². The molecule has 14 heteroatoms. The number of imide groups is 1. The lowest BCUT2D eigenvalue weighted by molar-refractivity contribution is -0.124. The van der Waals surface area contributed by atoms with Crippen molar-refractivity contribution < 1.29 is 19.2 Å². The molecular formula is C35H42N10O4. The Hall–Kier alpha value is -5.37. The van der Waals surface area contributed by atoms with Gasteiger partial charge in [-0.3, -0.25) is 19.3 Å². The Morgan fingerprint density at radius 3 is 2.59 bits per heavy atom. The van der Waals surface area contributed by atoms with Crippen molar-refractivity contribution >= 4 is 47.0 Å². The van der Waals surface area contributed by atoms with Crippen molar-refractivity contribution in [3.8, 4) is 11.4 Å². The minimum atomic E-state index is -1.07. The van der Waals surface area contributed by atoms with Crippen LogP contribution >= 0.6 is 0 Å². The molecule has 0 saturated carbocycles. The molecule has 0 bridgehead atoms. The lowest BCUT2D eigenvalue weighted by atomic mass is 10.1. The number of rotatable bonds is 16. The van der Waals surface area contributed by atoms with E-state index in [2.05, 4.69) is 30.7 Å². The Bertz CT molecular complexity index is 1840. The van der Waals surface area contributed by atoms with E-state index in [1.54, 1.807) is 18.2 Å². The molecule has 1 unspecified atom stereocenters. The van der Waals surface area contributed by atoms with Crippen LogP contribution in [0.1, 0.15) is 52.8 Å². The average Bonchev–Trinajstić information content (AvgIpc) is 3.87. The zero-order chi connectivity index (χ0) is 34.3. The summed E-state index contributed by atoms with van der Waals surface area (Å²) in [6.07, 6.45) is 5.65. The number of aldehydes is 1. The molecule has 6 rings (SSSR count). The van der Waals surface area contributed by atoms with E-state index in [0.717, 1.165) is 59.7 Å². The van der Waals surface area contributed by atoms with Gasteiger partial charge in [-0.1, -0.05) is 12.1 Å². The molecule has 0 aliphatic carbocycles. The number of benzene rings is 1. The van der Waals surface area contributed by atoms with Gasteiger partial charge in [-0.2, -0.15) is 0 Å². The summed E-state index contributed by atoms with van der Waals surface area (Å²) in [6, 6.07) is 14.0. The lowest BCUT2D eigenvalue weighted by Crippen LogP contribution is -2.48. The highest BCUT2D eigenvalue weighted by Gasteiger charge is 2.43. The van der Waals surface area contributed by atoms with Gasteiger partial charge in [0, 0.05) is 58.4 Å². The minimum Gasteiger partial charge on any atom is -0.384 e. The van der Waals surface area contributed by atoms with Crippen LogP contribution in [0.4, 0.5) is 17.3 Å². The highest BCUT2D eigenvalue weighted by molar-refractivity contribution is 6.25. The van der Waals surface area contributed by atoms with E-state index in [-0.39, 0.29) is 24.0 Å². The largest absolute Gasteiger partial charge is 0.384 e. The number of anilines is 3. The molecule has 1 atom stereocenters. The van der Waals surface area contributed by atoms with Crippen molar-refractivity contribution in [1.29, 1.82) is 0 Å². The van der Waals surface area contributed by atoms with E-state index in [0.29, 0.717) is 31.5 Å². The second kappa shape index (κ2) is 15.2. The van der Waals surface area contributed by atoms with Crippen LogP contribution in [0.5, 0.6) is 0 Å². The summed E-state index contributed by atoms with van der Waals surface area (Å²) in [7, 11) is 3.35. The van der Waals surface area contributed by atoms with E-state index in [1.165, 1.54) is 19.9 Å². The second-order valence-corrected chi connectivity index (χ2v) is 12.1. The van der Waals surface area contributed by atoms with E-state index in [9.17, 15) is 19.2 Å². The fourth-order valence-electron chi connectivity index (χ4n) is 6.48. The van der Waals surface area contributed by atoms with Crippen molar-refractivity contribution in [3.05, 3.63) is 65.9 Å². The van der Waals surface area contributed by atoms with Crippen molar-refractivity contribution in [2.45, 2.75) is 38.1 Å². The Morgan fingerprint density at radius 1 is 1.00 bits per heavy atom. The molecule has 3 N–H and O–H groups in total. The number of hydrogen-bond donors (Lipinski definition) is 3. The molecular weight excluding hydrogens is 624 g/mol. The molecule has 3 aromatic heterocycles. The van der Waals surface area contributed by atoms with Crippen LogP contribution in [0.25, 0.3) is 17.0 Å². The van der Waals surface area contributed by atoms with Gasteiger partial charge >= 0.3 is 0 Å². The Kier molecular flexibility index (Phi) is 10.4.